The van der Waals surface area contributed by atoms with Gasteiger partial charge >= 0.3 is 0 Å². The maximum atomic E-state index is 11.8. The highest BCUT2D eigenvalue weighted by Gasteiger charge is 1.99. The summed E-state index contributed by atoms with van der Waals surface area (Å²) in [7, 11) is 0. The standard InChI is InChI=1S/C9H9FO/c1-3-8-6-7(2)4-5-9(8)11-10/h3-6H,1H2,2H3. The van der Waals surface area contributed by atoms with Gasteiger partial charge in [-0.2, -0.15) is 0 Å². The molecular formula is C9H9FO. The lowest BCUT2D eigenvalue weighted by atomic mass is 10.1. The van der Waals surface area contributed by atoms with Crippen LogP contribution in [0.3, 0.4) is 0 Å². The molecule has 0 saturated carbocycles. The molecule has 0 saturated heterocycles. The van der Waals surface area contributed by atoms with Crippen LogP contribution in [0.15, 0.2) is 24.8 Å². The second-order valence-electron chi connectivity index (χ2n) is 2.32. The van der Waals surface area contributed by atoms with E-state index in [-0.39, 0.29) is 5.75 Å². The Bertz CT molecular complexity index is 268. The first-order chi connectivity index (χ1) is 5.27. The minimum Gasteiger partial charge on any atom is -0.294 e. The van der Waals surface area contributed by atoms with Crippen molar-refractivity contribution in [2.45, 2.75) is 6.92 Å². The van der Waals surface area contributed by atoms with E-state index in [1.165, 1.54) is 0 Å². The lowest BCUT2D eigenvalue weighted by Crippen LogP contribution is -1.82. The summed E-state index contributed by atoms with van der Waals surface area (Å²) in [4.78, 5) is 3.62. The van der Waals surface area contributed by atoms with E-state index in [1.807, 2.05) is 13.0 Å². The van der Waals surface area contributed by atoms with Crippen LogP contribution in [-0.4, -0.2) is 0 Å². The van der Waals surface area contributed by atoms with E-state index in [0.717, 1.165) is 5.56 Å². The molecule has 2 heteroatoms. The van der Waals surface area contributed by atoms with Crippen molar-refractivity contribution in [3.63, 3.8) is 0 Å². The Balaban J connectivity index is 3.16. The predicted octanol–water partition coefficient (Wildman–Crippen LogP) is 2.90. The fourth-order valence-corrected chi connectivity index (χ4v) is 0.898. The predicted molar refractivity (Wildman–Crippen MR) is 43.0 cm³/mol. The van der Waals surface area contributed by atoms with E-state index in [2.05, 4.69) is 11.5 Å². The van der Waals surface area contributed by atoms with Crippen molar-refractivity contribution in [3.05, 3.63) is 35.9 Å². The van der Waals surface area contributed by atoms with Gasteiger partial charge in [-0.1, -0.05) is 24.3 Å². The first-order valence-electron chi connectivity index (χ1n) is 3.29. The molecule has 0 spiro atoms. The van der Waals surface area contributed by atoms with Crippen molar-refractivity contribution in [1.82, 2.24) is 0 Å². The Morgan fingerprint density at radius 3 is 2.82 bits per heavy atom. The molecule has 0 fully saturated rings. The summed E-state index contributed by atoms with van der Waals surface area (Å²) in [5.74, 6) is 0.214. The molecule has 1 rings (SSSR count). The third-order valence-electron chi connectivity index (χ3n) is 1.47. The molecule has 1 aromatic carbocycles. The molecule has 0 unspecified atom stereocenters. The SMILES string of the molecule is C=Cc1cc(C)ccc1OF. The van der Waals surface area contributed by atoms with E-state index in [1.54, 1.807) is 18.2 Å². The monoisotopic (exact) mass is 152 g/mol. The highest BCUT2D eigenvalue weighted by molar-refractivity contribution is 5.56. The highest BCUT2D eigenvalue weighted by Crippen LogP contribution is 2.20. The summed E-state index contributed by atoms with van der Waals surface area (Å²) < 4.78 is 11.8. The van der Waals surface area contributed by atoms with Gasteiger partial charge in [0.25, 0.3) is 0 Å². The van der Waals surface area contributed by atoms with Gasteiger partial charge in [0.05, 0.1) is 0 Å². The third-order valence-corrected chi connectivity index (χ3v) is 1.47. The lowest BCUT2D eigenvalue weighted by Gasteiger charge is -2.00. The molecular weight excluding hydrogens is 143 g/mol. The van der Waals surface area contributed by atoms with Crippen molar-refractivity contribution in [3.8, 4) is 5.75 Å². The Morgan fingerprint density at radius 2 is 2.27 bits per heavy atom. The van der Waals surface area contributed by atoms with Gasteiger partial charge in [-0.25, -0.2) is 0 Å². The maximum Gasteiger partial charge on any atom is 0.179 e. The zero-order valence-electron chi connectivity index (χ0n) is 6.30. The van der Waals surface area contributed by atoms with Crippen molar-refractivity contribution >= 4 is 6.08 Å². The zero-order valence-corrected chi connectivity index (χ0v) is 6.30. The highest BCUT2D eigenvalue weighted by atomic mass is 19.3. The summed E-state index contributed by atoms with van der Waals surface area (Å²) in [6.07, 6.45) is 1.56. The van der Waals surface area contributed by atoms with Crippen molar-refractivity contribution < 1.29 is 9.47 Å². The molecule has 0 atom stereocenters. The van der Waals surface area contributed by atoms with Crippen LogP contribution < -0.4 is 4.94 Å². The van der Waals surface area contributed by atoms with Gasteiger partial charge < -0.3 is 0 Å². The average Bonchev–Trinajstić information content (AvgIpc) is 2.04. The molecule has 1 nitrogen and oxygen atoms in total. The fourth-order valence-electron chi connectivity index (χ4n) is 0.898. The molecule has 0 heterocycles. The maximum absolute atomic E-state index is 11.8. The van der Waals surface area contributed by atoms with Crippen LogP contribution in [0.5, 0.6) is 5.75 Å². The quantitative estimate of drug-likeness (QED) is 0.633. The smallest absolute Gasteiger partial charge is 0.179 e. The number of aryl methyl sites for hydroxylation is 1. The molecule has 1 aromatic rings. The second-order valence-corrected chi connectivity index (χ2v) is 2.32. The van der Waals surface area contributed by atoms with Gasteiger partial charge in [0, 0.05) is 10.1 Å². The van der Waals surface area contributed by atoms with Crippen LogP contribution in [0, 0.1) is 6.92 Å². The van der Waals surface area contributed by atoms with Gasteiger partial charge in [-0.15, -0.1) is 0 Å². The third kappa shape index (κ3) is 1.58. The van der Waals surface area contributed by atoms with Crippen LogP contribution >= 0.6 is 0 Å². The van der Waals surface area contributed by atoms with E-state index in [0.29, 0.717) is 5.56 Å². The van der Waals surface area contributed by atoms with Gasteiger partial charge in [0.15, 0.2) is 5.75 Å². The molecule has 0 amide bonds. The number of hydrogen-bond acceptors (Lipinski definition) is 1. The second kappa shape index (κ2) is 3.19. The molecule has 0 bridgehead atoms. The summed E-state index contributed by atoms with van der Waals surface area (Å²) >= 11 is 0. The fraction of sp³-hybridized carbons (Fsp3) is 0.111. The molecule has 0 aliphatic rings. The Morgan fingerprint density at radius 1 is 1.55 bits per heavy atom. The Kier molecular flexibility index (Phi) is 2.26. The molecule has 58 valence electrons. The van der Waals surface area contributed by atoms with Crippen molar-refractivity contribution in [2.75, 3.05) is 0 Å². The number of rotatable bonds is 2. The lowest BCUT2D eigenvalue weighted by molar-refractivity contribution is -0.00646. The normalized spacial score (nSPS) is 9.27. The molecule has 11 heavy (non-hydrogen) atoms. The Labute approximate surface area is 65.0 Å². The van der Waals surface area contributed by atoms with Gasteiger partial charge in [-0.3, -0.25) is 4.94 Å². The zero-order chi connectivity index (χ0) is 8.27. The van der Waals surface area contributed by atoms with Crippen LogP contribution in [0.25, 0.3) is 6.08 Å². The van der Waals surface area contributed by atoms with E-state index < -0.39 is 0 Å². The molecule has 0 aliphatic heterocycles. The molecule has 0 aliphatic carbocycles. The van der Waals surface area contributed by atoms with E-state index in [9.17, 15) is 4.53 Å². The first kappa shape index (κ1) is 7.79. The van der Waals surface area contributed by atoms with Gasteiger partial charge in [-0.05, 0) is 19.1 Å². The van der Waals surface area contributed by atoms with Crippen LogP contribution in [0.2, 0.25) is 0 Å². The van der Waals surface area contributed by atoms with Crippen molar-refractivity contribution in [2.24, 2.45) is 0 Å². The number of halogens is 1. The van der Waals surface area contributed by atoms with Gasteiger partial charge in [0.2, 0.25) is 0 Å². The molecule has 0 N–H and O–H groups in total. The van der Waals surface area contributed by atoms with E-state index in [4.69, 9.17) is 0 Å². The molecule has 0 aromatic heterocycles. The minimum absolute atomic E-state index is 0.214. The summed E-state index contributed by atoms with van der Waals surface area (Å²) in [6, 6.07) is 5.16. The minimum atomic E-state index is 0.214. The first-order valence-corrected chi connectivity index (χ1v) is 3.29. The van der Waals surface area contributed by atoms with Gasteiger partial charge in [0.1, 0.15) is 0 Å². The number of hydrogen-bond donors (Lipinski definition) is 0. The molecule has 0 radical (unpaired) electrons. The Hall–Kier alpha value is -1.31. The topological polar surface area (TPSA) is 9.23 Å². The van der Waals surface area contributed by atoms with E-state index >= 15 is 0 Å². The van der Waals surface area contributed by atoms with Crippen LogP contribution in [0.4, 0.5) is 4.53 Å². The average molecular weight is 152 g/mol. The summed E-state index contributed by atoms with van der Waals surface area (Å²) in [5, 5.41) is 0. The summed E-state index contributed by atoms with van der Waals surface area (Å²) in [6.45, 7) is 5.46. The van der Waals surface area contributed by atoms with Crippen molar-refractivity contribution in [1.29, 1.82) is 0 Å². The number of benzene rings is 1. The van der Waals surface area contributed by atoms with Crippen LogP contribution in [0.1, 0.15) is 11.1 Å². The summed E-state index contributed by atoms with van der Waals surface area (Å²) in [5.41, 5.74) is 1.73. The largest absolute Gasteiger partial charge is 0.294 e. The van der Waals surface area contributed by atoms with Crippen LogP contribution in [-0.2, 0) is 0 Å².